The molecule has 0 spiro atoms. The largest absolute Gasteiger partial charge is 0.334 e. The number of para-hydroxylation sites is 2. The molecule has 1 unspecified atom stereocenters. The number of rotatable bonds is 6. The van der Waals surface area contributed by atoms with Gasteiger partial charge >= 0.3 is 6.03 Å². The fraction of sp³-hybridized carbons (Fsp3) is 0.200. The van der Waals surface area contributed by atoms with Crippen LogP contribution in [-0.2, 0) is 11.3 Å². The van der Waals surface area contributed by atoms with Crippen molar-refractivity contribution in [3.63, 3.8) is 0 Å². The summed E-state index contributed by atoms with van der Waals surface area (Å²) in [4.78, 5) is 30.7. The first-order valence-electron chi connectivity index (χ1n) is 12.4. The van der Waals surface area contributed by atoms with Crippen LogP contribution in [0.1, 0.15) is 36.7 Å². The quantitative estimate of drug-likeness (QED) is 0.335. The van der Waals surface area contributed by atoms with Crippen LogP contribution in [0.25, 0.3) is 5.69 Å². The van der Waals surface area contributed by atoms with Gasteiger partial charge in [0.05, 0.1) is 17.1 Å². The zero-order valence-electron chi connectivity index (χ0n) is 20.8. The van der Waals surface area contributed by atoms with Crippen molar-refractivity contribution in [2.45, 2.75) is 32.5 Å². The molecule has 5 rings (SSSR count). The van der Waals surface area contributed by atoms with Gasteiger partial charge in [0.1, 0.15) is 12.6 Å². The first-order valence-corrected chi connectivity index (χ1v) is 12.7. The number of carbonyl (C=O) groups is 2. The lowest BCUT2D eigenvalue weighted by Gasteiger charge is -2.40. The van der Waals surface area contributed by atoms with Crippen molar-refractivity contribution in [3.8, 4) is 5.69 Å². The number of nitrogens with zero attached hydrogens (tertiary/aromatic N) is 3. The minimum Gasteiger partial charge on any atom is -0.334 e. The molecule has 6 nitrogen and oxygen atoms in total. The third-order valence-electron chi connectivity index (χ3n) is 6.63. The topological polar surface area (TPSA) is 57.6 Å². The second-order valence-corrected chi connectivity index (χ2v) is 9.82. The van der Waals surface area contributed by atoms with Gasteiger partial charge in [0.15, 0.2) is 0 Å². The molecule has 7 heteroatoms. The maximum Gasteiger partial charge on any atom is 0.318 e. The highest BCUT2D eigenvalue weighted by Crippen LogP contribution is 2.42. The summed E-state index contributed by atoms with van der Waals surface area (Å²) in [5.74, 6) is -0.173. The predicted octanol–water partition coefficient (Wildman–Crippen LogP) is 6.19. The molecule has 0 aliphatic carbocycles. The van der Waals surface area contributed by atoms with Gasteiger partial charge in [-0.1, -0.05) is 66.2 Å². The Morgan fingerprint density at radius 3 is 2.38 bits per heavy atom. The number of benzene rings is 3. The minimum atomic E-state index is -0.391. The summed E-state index contributed by atoms with van der Waals surface area (Å²) < 4.78 is 2.11. The molecule has 0 fully saturated rings. The molecule has 1 atom stereocenters. The van der Waals surface area contributed by atoms with Crippen LogP contribution in [0.5, 0.6) is 0 Å². The van der Waals surface area contributed by atoms with Gasteiger partial charge in [-0.25, -0.2) is 4.79 Å². The Hall–Kier alpha value is -4.03. The van der Waals surface area contributed by atoms with Crippen LogP contribution >= 0.6 is 11.6 Å². The minimum absolute atomic E-state index is 0.0651. The fourth-order valence-electron chi connectivity index (χ4n) is 4.84. The molecule has 1 N–H and O–H groups in total. The second-order valence-electron chi connectivity index (χ2n) is 9.38. The van der Waals surface area contributed by atoms with Crippen molar-refractivity contribution in [1.29, 1.82) is 0 Å². The molecule has 3 aromatic carbocycles. The van der Waals surface area contributed by atoms with Crippen LogP contribution in [0.4, 0.5) is 10.5 Å². The van der Waals surface area contributed by atoms with Crippen LogP contribution in [0.2, 0.25) is 5.02 Å². The van der Waals surface area contributed by atoms with E-state index in [1.165, 1.54) is 0 Å². The molecule has 1 aliphatic heterocycles. The molecule has 188 valence electrons. The molecule has 4 aromatic rings. The number of urea groups is 1. The first kappa shape index (κ1) is 24.7. The number of carbonyl (C=O) groups excluding carboxylic acids is 2. The highest BCUT2D eigenvalue weighted by molar-refractivity contribution is 6.30. The summed E-state index contributed by atoms with van der Waals surface area (Å²) in [6.45, 7) is 4.16. The predicted molar refractivity (Wildman–Crippen MR) is 147 cm³/mol. The van der Waals surface area contributed by atoms with E-state index in [0.717, 1.165) is 28.2 Å². The van der Waals surface area contributed by atoms with E-state index in [1.54, 1.807) is 9.80 Å². The van der Waals surface area contributed by atoms with Crippen molar-refractivity contribution in [3.05, 3.63) is 119 Å². The summed E-state index contributed by atoms with van der Waals surface area (Å²) in [5.41, 5.74) is 4.56. The molecule has 1 aromatic heterocycles. The number of hydrogen-bond acceptors (Lipinski definition) is 2. The van der Waals surface area contributed by atoms with Gasteiger partial charge in [-0.2, -0.15) is 0 Å². The molecule has 0 saturated heterocycles. The van der Waals surface area contributed by atoms with Gasteiger partial charge in [0, 0.05) is 23.8 Å². The summed E-state index contributed by atoms with van der Waals surface area (Å²) in [7, 11) is 0. The third kappa shape index (κ3) is 4.98. The molecule has 0 radical (unpaired) electrons. The zero-order valence-corrected chi connectivity index (χ0v) is 21.6. The Morgan fingerprint density at radius 1 is 0.919 bits per heavy atom. The average Bonchev–Trinajstić information content (AvgIpc) is 3.40. The van der Waals surface area contributed by atoms with Crippen LogP contribution in [0.15, 0.2) is 97.2 Å². The monoisotopic (exact) mass is 512 g/mol. The van der Waals surface area contributed by atoms with Gasteiger partial charge in [-0.15, -0.1) is 0 Å². The van der Waals surface area contributed by atoms with E-state index in [-0.39, 0.29) is 24.5 Å². The molecule has 2 heterocycles. The lowest BCUT2D eigenvalue weighted by Crippen LogP contribution is -2.51. The van der Waals surface area contributed by atoms with Gasteiger partial charge in [0.25, 0.3) is 0 Å². The SMILES string of the molecule is CC(C)N(CC(=O)N1c2ccccc2-n2cccc2C1c1cccc(Cl)c1)C(=O)NCc1ccccc1. The molecule has 37 heavy (non-hydrogen) atoms. The highest BCUT2D eigenvalue weighted by Gasteiger charge is 2.37. The van der Waals surface area contributed by atoms with Crippen LogP contribution < -0.4 is 10.2 Å². The molecular formula is C30H29ClN4O2. The maximum absolute atomic E-state index is 14.1. The standard InChI is InChI=1S/C30H29ClN4O2/c1-21(2)34(30(37)32-19-22-10-4-3-5-11-22)20-28(36)35-26-15-7-6-14-25(26)33-17-9-16-27(33)29(35)23-12-8-13-24(31)18-23/h3-18,21,29H,19-20H2,1-2H3,(H,32,37). The fourth-order valence-corrected chi connectivity index (χ4v) is 5.04. The molecule has 0 bridgehead atoms. The highest BCUT2D eigenvalue weighted by atomic mass is 35.5. The lowest BCUT2D eigenvalue weighted by molar-refractivity contribution is -0.120. The van der Waals surface area contributed by atoms with E-state index >= 15 is 0 Å². The number of anilines is 1. The van der Waals surface area contributed by atoms with E-state index in [9.17, 15) is 9.59 Å². The molecule has 3 amide bonds. The average molecular weight is 513 g/mol. The summed E-state index contributed by atoms with van der Waals surface area (Å²) in [6.07, 6.45) is 2.00. The van der Waals surface area contributed by atoms with Crippen molar-refractivity contribution in [2.24, 2.45) is 0 Å². The Labute approximate surface area is 222 Å². The van der Waals surface area contributed by atoms with Crippen molar-refractivity contribution in [2.75, 3.05) is 11.4 Å². The van der Waals surface area contributed by atoms with E-state index in [4.69, 9.17) is 11.6 Å². The number of fused-ring (bicyclic) bond motifs is 3. The summed E-state index contributed by atoms with van der Waals surface area (Å²) >= 11 is 6.37. The van der Waals surface area contributed by atoms with E-state index in [1.807, 2.05) is 111 Å². The Balaban J connectivity index is 1.48. The van der Waals surface area contributed by atoms with Gasteiger partial charge < -0.3 is 14.8 Å². The normalized spacial score (nSPS) is 14.2. The van der Waals surface area contributed by atoms with Crippen LogP contribution in [-0.4, -0.2) is 34.0 Å². The molecule has 1 aliphatic rings. The second kappa shape index (κ2) is 10.5. The number of halogens is 1. The summed E-state index contributed by atoms with van der Waals surface area (Å²) in [6, 6.07) is 28.3. The Kier molecular flexibility index (Phi) is 7.01. The van der Waals surface area contributed by atoms with Crippen LogP contribution in [0, 0.1) is 0 Å². The van der Waals surface area contributed by atoms with Gasteiger partial charge in [0.2, 0.25) is 5.91 Å². The lowest BCUT2D eigenvalue weighted by atomic mass is 9.97. The Bertz CT molecular complexity index is 1420. The van der Waals surface area contributed by atoms with Crippen molar-refractivity contribution >= 4 is 29.2 Å². The van der Waals surface area contributed by atoms with Gasteiger partial charge in [-0.05, 0) is 61.4 Å². The maximum atomic E-state index is 14.1. The van der Waals surface area contributed by atoms with E-state index in [0.29, 0.717) is 11.6 Å². The van der Waals surface area contributed by atoms with E-state index in [2.05, 4.69) is 9.88 Å². The molecule has 0 saturated carbocycles. The van der Waals surface area contributed by atoms with Crippen molar-refractivity contribution in [1.82, 2.24) is 14.8 Å². The number of amides is 3. The van der Waals surface area contributed by atoms with Crippen molar-refractivity contribution < 1.29 is 9.59 Å². The third-order valence-corrected chi connectivity index (χ3v) is 6.86. The smallest absolute Gasteiger partial charge is 0.318 e. The Morgan fingerprint density at radius 2 is 1.65 bits per heavy atom. The number of hydrogen-bond donors (Lipinski definition) is 1. The summed E-state index contributed by atoms with van der Waals surface area (Å²) in [5, 5.41) is 3.57. The number of nitrogens with one attached hydrogen (secondary N) is 1. The first-order chi connectivity index (χ1) is 17.9. The number of aromatic nitrogens is 1. The zero-order chi connectivity index (χ0) is 25.9. The van der Waals surface area contributed by atoms with E-state index < -0.39 is 6.04 Å². The van der Waals surface area contributed by atoms with Gasteiger partial charge in [-0.3, -0.25) is 9.69 Å². The van der Waals surface area contributed by atoms with Crippen LogP contribution in [0.3, 0.4) is 0 Å². The molecular weight excluding hydrogens is 484 g/mol.